The zero-order chi connectivity index (χ0) is 21.0. The van der Waals surface area contributed by atoms with E-state index in [0.717, 1.165) is 6.42 Å². The van der Waals surface area contributed by atoms with Crippen LogP contribution in [0, 0.1) is 62.3 Å². The van der Waals surface area contributed by atoms with Gasteiger partial charge in [-0.25, -0.2) is 0 Å². The fourth-order valence-electron chi connectivity index (χ4n) is 3.58. The highest BCUT2D eigenvalue weighted by Gasteiger charge is 2.05. The van der Waals surface area contributed by atoms with Crippen LogP contribution in [0.2, 0.25) is 0 Å². The molecule has 0 aliphatic heterocycles. The van der Waals surface area contributed by atoms with Gasteiger partial charge in [0.15, 0.2) is 0 Å². The van der Waals surface area contributed by atoms with Gasteiger partial charge >= 0.3 is 0 Å². The first-order valence-electron chi connectivity index (χ1n) is 10.3. The maximum Gasteiger partial charge on any atom is -0.00254 e. The van der Waals surface area contributed by atoms with Crippen molar-refractivity contribution >= 4 is 0 Å². The molecule has 0 radical (unpaired) electrons. The summed E-state index contributed by atoms with van der Waals surface area (Å²) in [6, 6.07) is 15.8. The Morgan fingerprint density at radius 3 is 1.14 bits per heavy atom. The van der Waals surface area contributed by atoms with Crippen molar-refractivity contribution in [3.05, 3.63) is 104 Å². The van der Waals surface area contributed by atoms with E-state index in [1.165, 1.54) is 61.2 Å². The minimum atomic E-state index is 1.03. The molecule has 0 saturated carbocycles. The van der Waals surface area contributed by atoms with E-state index in [-0.39, 0.29) is 0 Å². The minimum absolute atomic E-state index is 1.03. The van der Waals surface area contributed by atoms with Crippen molar-refractivity contribution in [3.8, 4) is 0 Å². The quantitative estimate of drug-likeness (QED) is 0.431. The molecule has 0 fully saturated rings. The van der Waals surface area contributed by atoms with Crippen molar-refractivity contribution < 1.29 is 0 Å². The molecule has 0 aromatic heterocycles. The van der Waals surface area contributed by atoms with Gasteiger partial charge in [-0.1, -0.05) is 48.0 Å². The van der Waals surface area contributed by atoms with Gasteiger partial charge in [-0.2, -0.15) is 0 Å². The largest absolute Gasteiger partial charge is 0.0590 e. The number of aryl methyl sites for hydroxylation is 7. The molecule has 0 N–H and O–H groups in total. The van der Waals surface area contributed by atoms with Crippen LogP contribution in [-0.2, 0) is 6.42 Å². The minimum Gasteiger partial charge on any atom is -0.0590 e. The molecule has 3 aromatic carbocycles. The lowest BCUT2D eigenvalue weighted by molar-refractivity contribution is 1.12. The van der Waals surface area contributed by atoms with Crippen molar-refractivity contribution in [2.45, 2.75) is 68.7 Å². The maximum atomic E-state index is 2.33. The Morgan fingerprint density at radius 2 is 0.821 bits per heavy atom. The average molecular weight is 373 g/mol. The summed E-state index contributed by atoms with van der Waals surface area (Å²) in [5.74, 6) is 0. The first-order chi connectivity index (χ1) is 13.1. The monoisotopic (exact) mass is 372 g/mol. The normalized spacial score (nSPS) is 10.5. The molecule has 28 heavy (non-hydrogen) atoms. The Balaban J connectivity index is 0.000000261. The third-order valence-electron chi connectivity index (χ3n) is 6.04. The molecule has 0 heterocycles. The van der Waals surface area contributed by atoms with Crippen molar-refractivity contribution in [2.24, 2.45) is 0 Å². The van der Waals surface area contributed by atoms with E-state index in [0.29, 0.717) is 0 Å². The molecule has 0 saturated heterocycles. The van der Waals surface area contributed by atoms with Gasteiger partial charge in [-0.3, -0.25) is 0 Å². The molecule has 148 valence electrons. The summed E-state index contributed by atoms with van der Waals surface area (Å²) in [4.78, 5) is 0. The van der Waals surface area contributed by atoms with Crippen molar-refractivity contribution in [1.29, 1.82) is 0 Å². The van der Waals surface area contributed by atoms with Gasteiger partial charge < -0.3 is 0 Å². The van der Waals surface area contributed by atoms with Gasteiger partial charge in [-0.15, -0.1) is 0 Å². The van der Waals surface area contributed by atoms with Crippen LogP contribution in [0.3, 0.4) is 0 Å². The van der Waals surface area contributed by atoms with Gasteiger partial charge in [0, 0.05) is 0 Å². The predicted molar refractivity (Wildman–Crippen MR) is 125 cm³/mol. The van der Waals surface area contributed by atoms with Crippen LogP contribution in [0.4, 0.5) is 0 Å². The van der Waals surface area contributed by atoms with Crippen molar-refractivity contribution in [3.63, 3.8) is 0 Å². The van der Waals surface area contributed by atoms with E-state index in [9.17, 15) is 0 Å². The summed E-state index contributed by atoms with van der Waals surface area (Å²) in [6.45, 7) is 19.6. The fourth-order valence-corrected chi connectivity index (χ4v) is 3.58. The Labute approximate surface area is 172 Å². The molecule has 0 aliphatic carbocycles. The van der Waals surface area contributed by atoms with Gasteiger partial charge in [0.25, 0.3) is 0 Å². The number of rotatable bonds is 2. The first kappa shape index (κ1) is 22.0. The van der Waals surface area contributed by atoms with Crippen LogP contribution < -0.4 is 0 Å². The molecular formula is C28H36. The van der Waals surface area contributed by atoms with E-state index in [1.54, 1.807) is 0 Å². The highest BCUT2D eigenvalue weighted by Crippen LogP contribution is 2.21. The van der Waals surface area contributed by atoms with E-state index >= 15 is 0 Å². The Hall–Kier alpha value is -2.34. The Morgan fingerprint density at radius 1 is 0.429 bits per heavy atom. The summed E-state index contributed by atoms with van der Waals surface area (Å²) in [5, 5.41) is 0. The molecule has 3 aromatic rings. The summed E-state index contributed by atoms with van der Waals surface area (Å²) < 4.78 is 0. The topological polar surface area (TPSA) is 0 Å². The van der Waals surface area contributed by atoms with Crippen LogP contribution in [0.15, 0.2) is 42.5 Å². The smallest absolute Gasteiger partial charge is 0.00254 e. The van der Waals surface area contributed by atoms with Crippen molar-refractivity contribution in [1.82, 2.24) is 0 Å². The van der Waals surface area contributed by atoms with Crippen LogP contribution >= 0.6 is 0 Å². The molecule has 0 aliphatic rings. The van der Waals surface area contributed by atoms with Gasteiger partial charge in [0.05, 0.1) is 0 Å². The van der Waals surface area contributed by atoms with Gasteiger partial charge in [0.2, 0.25) is 0 Å². The van der Waals surface area contributed by atoms with E-state index in [2.05, 4.69) is 105 Å². The predicted octanol–water partition coefficient (Wildman–Crippen LogP) is 7.74. The lowest BCUT2D eigenvalue weighted by atomic mass is 9.94. The fraction of sp³-hybridized carbons (Fsp3) is 0.357. The van der Waals surface area contributed by atoms with Crippen LogP contribution in [0.5, 0.6) is 0 Å². The molecule has 0 nitrogen and oxygen atoms in total. The highest BCUT2D eigenvalue weighted by molar-refractivity contribution is 5.42. The average Bonchev–Trinajstić information content (AvgIpc) is 2.61. The summed E-state index contributed by atoms with van der Waals surface area (Å²) in [5.41, 5.74) is 15.4. The second kappa shape index (κ2) is 9.24. The van der Waals surface area contributed by atoms with Gasteiger partial charge in [0.1, 0.15) is 0 Å². The molecule has 0 atom stereocenters. The molecule has 0 bridgehead atoms. The van der Waals surface area contributed by atoms with E-state index in [1.807, 2.05) is 0 Å². The first-order valence-corrected chi connectivity index (χ1v) is 10.3. The number of hydrogen-bond donors (Lipinski definition) is 0. The molecule has 0 amide bonds. The summed E-state index contributed by atoms with van der Waals surface area (Å²) >= 11 is 0. The lowest BCUT2D eigenvalue weighted by Gasteiger charge is -2.12. The second-order valence-electron chi connectivity index (χ2n) is 8.47. The second-order valence-corrected chi connectivity index (χ2v) is 8.47. The zero-order valence-corrected chi connectivity index (χ0v) is 19.2. The van der Waals surface area contributed by atoms with Gasteiger partial charge in [-0.05, 0) is 124 Å². The zero-order valence-electron chi connectivity index (χ0n) is 19.2. The summed E-state index contributed by atoms with van der Waals surface area (Å²) in [6.07, 6.45) is 1.03. The van der Waals surface area contributed by atoms with E-state index in [4.69, 9.17) is 0 Å². The van der Waals surface area contributed by atoms with Crippen LogP contribution in [-0.4, -0.2) is 0 Å². The van der Waals surface area contributed by atoms with E-state index < -0.39 is 0 Å². The highest BCUT2D eigenvalue weighted by atomic mass is 14.1. The molecular weight excluding hydrogens is 336 g/mol. The lowest BCUT2D eigenvalue weighted by Crippen LogP contribution is -1.96. The van der Waals surface area contributed by atoms with Crippen LogP contribution in [0.25, 0.3) is 0 Å². The third-order valence-corrected chi connectivity index (χ3v) is 6.04. The number of hydrogen-bond acceptors (Lipinski definition) is 0. The Kier molecular flexibility index (Phi) is 7.24. The SMILES string of the molecule is Cc1cc(Cc2cc(C)c(C)c(C)c2)cc(C)c1C.Cc1ccc(C)c(C)c1. The molecule has 0 unspecified atom stereocenters. The molecule has 0 heteroatoms. The van der Waals surface area contributed by atoms with Crippen LogP contribution in [0.1, 0.15) is 61.2 Å². The third kappa shape index (κ3) is 5.58. The Bertz CT molecular complexity index is 872. The molecule has 3 rings (SSSR count). The standard InChI is InChI=1S/C19H24.C9H12/c1-12-7-18(8-13(2)16(12)5)11-19-9-14(3)17(6)15(4)10-19;1-7-4-5-8(2)9(3)6-7/h7-10H,11H2,1-6H3;4-6H,1-3H3. The number of benzene rings is 3. The molecule has 0 spiro atoms. The maximum absolute atomic E-state index is 2.33. The van der Waals surface area contributed by atoms with Crippen molar-refractivity contribution in [2.75, 3.05) is 0 Å². The summed E-state index contributed by atoms with van der Waals surface area (Å²) in [7, 11) is 0.